The van der Waals surface area contributed by atoms with Gasteiger partial charge in [0.05, 0.1) is 10.9 Å². The summed E-state index contributed by atoms with van der Waals surface area (Å²) < 4.78 is 33.5. The molecule has 3 aromatic rings. The van der Waals surface area contributed by atoms with E-state index in [1.807, 2.05) is 57.4 Å². The Kier molecular flexibility index (Phi) is 8.05. The van der Waals surface area contributed by atoms with Crippen LogP contribution in [0.15, 0.2) is 76.5 Å². The van der Waals surface area contributed by atoms with Crippen LogP contribution in [0.2, 0.25) is 0 Å². The Morgan fingerprint density at radius 3 is 2.15 bits per heavy atom. The molecule has 0 aliphatic heterocycles. The Labute approximate surface area is 199 Å². The van der Waals surface area contributed by atoms with Crippen LogP contribution in [0.5, 0.6) is 5.75 Å². The summed E-state index contributed by atoms with van der Waals surface area (Å²) in [6.07, 6.45) is 2.01. The predicted octanol–water partition coefficient (Wildman–Crippen LogP) is 5.08. The van der Waals surface area contributed by atoms with E-state index >= 15 is 0 Å². The topological polar surface area (TPSA) is 84.5 Å². The highest BCUT2D eigenvalue weighted by atomic mass is 32.2. The lowest BCUT2D eigenvalue weighted by molar-refractivity contribution is -0.123. The third-order valence-electron chi connectivity index (χ3n) is 4.97. The van der Waals surface area contributed by atoms with E-state index in [0.29, 0.717) is 11.4 Å². The van der Waals surface area contributed by atoms with Crippen LogP contribution in [0.3, 0.4) is 0 Å². The van der Waals surface area contributed by atoms with E-state index in [-0.39, 0.29) is 23.5 Å². The molecule has 174 valence electrons. The number of benzene rings is 3. The summed E-state index contributed by atoms with van der Waals surface area (Å²) in [7, 11) is -3.73. The first kappa shape index (κ1) is 24.7. The maximum atomic E-state index is 12.7. The van der Waals surface area contributed by atoms with Crippen molar-refractivity contribution in [2.45, 2.75) is 36.6 Å². The number of carbonyl (C=O) groups is 1. The fraction of sp³-hybridized carbons (Fsp3) is 0.240. The minimum atomic E-state index is -3.73. The van der Waals surface area contributed by atoms with Crippen LogP contribution in [0, 0.1) is 13.8 Å². The molecule has 0 heterocycles. The maximum Gasteiger partial charge on any atom is 0.261 e. The van der Waals surface area contributed by atoms with Crippen molar-refractivity contribution >= 4 is 33.4 Å². The molecule has 2 N–H and O–H groups in total. The Morgan fingerprint density at radius 1 is 0.970 bits per heavy atom. The number of aryl methyl sites for hydroxylation is 2. The van der Waals surface area contributed by atoms with Gasteiger partial charge in [-0.2, -0.15) is 0 Å². The van der Waals surface area contributed by atoms with Crippen molar-refractivity contribution in [3.63, 3.8) is 0 Å². The summed E-state index contributed by atoms with van der Waals surface area (Å²) in [5.41, 5.74) is 3.47. The molecule has 3 aromatic carbocycles. The molecule has 0 aliphatic rings. The van der Waals surface area contributed by atoms with Crippen molar-refractivity contribution < 1.29 is 17.9 Å². The van der Waals surface area contributed by atoms with Crippen LogP contribution in [0.25, 0.3) is 0 Å². The maximum absolute atomic E-state index is 12.7. The zero-order valence-electron chi connectivity index (χ0n) is 19.1. The lowest BCUT2D eigenvalue weighted by Crippen LogP contribution is -2.31. The third-order valence-corrected chi connectivity index (χ3v) is 7.11. The van der Waals surface area contributed by atoms with Gasteiger partial charge in [0.2, 0.25) is 0 Å². The predicted molar refractivity (Wildman–Crippen MR) is 133 cm³/mol. The number of hydrogen-bond acceptors (Lipinski definition) is 5. The van der Waals surface area contributed by atoms with Gasteiger partial charge in [0.25, 0.3) is 15.9 Å². The van der Waals surface area contributed by atoms with E-state index in [0.717, 1.165) is 21.6 Å². The molecule has 0 unspecified atom stereocenters. The average molecular weight is 485 g/mol. The quantitative estimate of drug-likeness (QED) is 0.414. The Morgan fingerprint density at radius 2 is 1.58 bits per heavy atom. The highest BCUT2D eigenvalue weighted by Gasteiger charge is 2.15. The van der Waals surface area contributed by atoms with Gasteiger partial charge in [-0.3, -0.25) is 9.52 Å². The van der Waals surface area contributed by atoms with Gasteiger partial charge in [-0.15, -0.1) is 11.8 Å². The number of hydrogen-bond donors (Lipinski definition) is 2. The normalized spacial score (nSPS) is 12.1. The largest absolute Gasteiger partial charge is 0.484 e. The van der Waals surface area contributed by atoms with Crippen molar-refractivity contribution in [1.29, 1.82) is 0 Å². The molecule has 3 rings (SSSR count). The van der Waals surface area contributed by atoms with Crippen molar-refractivity contribution in [2.75, 3.05) is 17.6 Å². The standard InChI is InChI=1S/C25H28N2O4S2/c1-17-13-18(2)15-21(14-17)27-33(29,30)24-11-7-22(8-12-24)31-16-25(28)26-19(3)20-5-9-23(32-4)10-6-20/h5-15,19,27H,16H2,1-4H3,(H,26,28)/t19-/m0/s1. The monoisotopic (exact) mass is 484 g/mol. The SMILES string of the molecule is CSc1ccc([C@H](C)NC(=O)COc2ccc(S(=O)(=O)Nc3cc(C)cc(C)c3)cc2)cc1. The number of anilines is 1. The second kappa shape index (κ2) is 10.8. The second-order valence-electron chi connectivity index (χ2n) is 7.80. The summed E-state index contributed by atoms with van der Waals surface area (Å²) in [5, 5.41) is 2.90. The fourth-order valence-electron chi connectivity index (χ4n) is 3.37. The van der Waals surface area contributed by atoms with Crippen molar-refractivity contribution in [1.82, 2.24) is 5.32 Å². The van der Waals surface area contributed by atoms with Crippen molar-refractivity contribution in [3.8, 4) is 5.75 Å². The van der Waals surface area contributed by atoms with E-state index in [1.165, 1.54) is 24.3 Å². The number of nitrogens with one attached hydrogen (secondary N) is 2. The van der Waals surface area contributed by atoms with Crippen LogP contribution >= 0.6 is 11.8 Å². The zero-order chi connectivity index (χ0) is 24.0. The minimum absolute atomic E-state index is 0.112. The van der Waals surface area contributed by atoms with E-state index in [1.54, 1.807) is 23.9 Å². The molecule has 0 bridgehead atoms. The summed E-state index contributed by atoms with van der Waals surface area (Å²) in [6, 6.07) is 19.4. The van der Waals surface area contributed by atoms with Crippen LogP contribution in [-0.4, -0.2) is 27.2 Å². The molecule has 0 saturated carbocycles. The lowest BCUT2D eigenvalue weighted by atomic mass is 10.1. The van der Waals surface area contributed by atoms with E-state index in [4.69, 9.17) is 4.74 Å². The molecule has 0 radical (unpaired) electrons. The number of sulfonamides is 1. The highest BCUT2D eigenvalue weighted by Crippen LogP contribution is 2.22. The smallest absolute Gasteiger partial charge is 0.261 e. The minimum Gasteiger partial charge on any atom is -0.484 e. The van der Waals surface area contributed by atoms with Crippen molar-refractivity contribution in [3.05, 3.63) is 83.4 Å². The molecule has 0 aliphatic carbocycles. The molecule has 1 amide bonds. The first-order chi connectivity index (χ1) is 15.7. The van der Waals surface area contributed by atoms with Crippen LogP contribution in [-0.2, 0) is 14.8 Å². The summed E-state index contributed by atoms with van der Waals surface area (Å²) in [6.45, 7) is 5.57. The second-order valence-corrected chi connectivity index (χ2v) is 10.4. The van der Waals surface area contributed by atoms with Gasteiger partial charge in [0.15, 0.2) is 6.61 Å². The molecule has 0 aromatic heterocycles. The van der Waals surface area contributed by atoms with Crippen LogP contribution in [0.1, 0.15) is 29.7 Å². The first-order valence-corrected chi connectivity index (χ1v) is 13.1. The molecule has 33 heavy (non-hydrogen) atoms. The first-order valence-electron chi connectivity index (χ1n) is 10.4. The van der Waals surface area contributed by atoms with Gasteiger partial charge < -0.3 is 10.1 Å². The fourth-order valence-corrected chi connectivity index (χ4v) is 4.82. The lowest BCUT2D eigenvalue weighted by Gasteiger charge is -2.15. The molecule has 8 heteroatoms. The van der Waals surface area contributed by atoms with Crippen molar-refractivity contribution in [2.24, 2.45) is 0 Å². The van der Waals surface area contributed by atoms with Gasteiger partial charge in [-0.1, -0.05) is 18.2 Å². The van der Waals surface area contributed by atoms with Gasteiger partial charge in [0.1, 0.15) is 5.75 Å². The molecule has 0 saturated heterocycles. The molecular formula is C25H28N2O4S2. The van der Waals surface area contributed by atoms with E-state index in [9.17, 15) is 13.2 Å². The molecule has 0 fully saturated rings. The number of amides is 1. The van der Waals surface area contributed by atoms with Crippen LogP contribution < -0.4 is 14.8 Å². The summed E-state index contributed by atoms with van der Waals surface area (Å²) in [4.78, 5) is 13.5. The molecular weight excluding hydrogens is 456 g/mol. The van der Waals surface area contributed by atoms with E-state index in [2.05, 4.69) is 10.0 Å². The third kappa shape index (κ3) is 7.00. The van der Waals surface area contributed by atoms with Gasteiger partial charge in [-0.05, 0) is 92.2 Å². The van der Waals surface area contributed by atoms with Crippen LogP contribution in [0.4, 0.5) is 5.69 Å². The number of carbonyl (C=O) groups excluding carboxylic acids is 1. The zero-order valence-corrected chi connectivity index (χ0v) is 20.7. The summed E-state index contributed by atoms with van der Waals surface area (Å²) >= 11 is 1.66. The highest BCUT2D eigenvalue weighted by molar-refractivity contribution is 7.98. The Hall–Kier alpha value is -2.97. The molecule has 0 spiro atoms. The number of rotatable bonds is 9. The van der Waals surface area contributed by atoms with E-state index < -0.39 is 10.0 Å². The average Bonchev–Trinajstić information content (AvgIpc) is 2.77. The molecule has 6 nitrogen and oxygen atoms in total. The number of ether oxygens (including phenoxy) is 1. The van der Waals surface area contributed by atoms with Gasteiger partial charge in [0, 0.05) is 10.6 Å². The van der Waals surface area contributed by atoms with Gasteiger partial charge in [-0.25, -0.2) is 8.42 Å². The summed E-state index contributed by atoms with van der Waals surface area (Å²) in [5.74, 6) is 0.150. The van der Waals surface area contributed by atoms with Gasteiger partial charge >= 0.3 is 0 Å². The number of thioether (sulfide) groups is 1. The molecule has 1 atom stereocenters. The Bertz CT molecular complexity index is 1190. The Balaban J connectivity index is 1.55.